The van der Waals surface area contributed by atoms with E-state index in [1.54, 1.807) is 0 Å². The maximum atomic E-state index is 16.8. The predicted molar refractivity (Wildman–Crippen MR) is 157 cm³/mol. The summed E-state index contributed by atoms with van der Waals surface area (Å²) < 4.78 is 44.0. The normalized spacial score (nSPS) is 27.4. The number of hydrogen-bond acceptors (Lipinski definition) is 7. The molecule has 0 bridgehead atoms. The molecule has 0 radical (unpaired) electrons. The Bertz CT molecular complexity index is 1570. The van der Waals surface area contributed by atoms with Gasteiger partial charge in [0.2, 0.25) is 11.8 Å². The number of rotatable bonds is 5. The van der Waals surface area contributed by atoms with Gasteiger partial charge in [-0.2, -0.15) is 0 Å². The zero-order chi connectivity index (χ0) is 28.6. The highest BCUT2D eigenvalue weighted by Gasteiger charge is 2.49. The lowest BCUT2D eigenvalue weighted by atomic mass is 9.95. The van der Waals surface area contributed by atoms with E-state index in [0.29, 0.717) is 53.9 Å². The smallest absolute Gasteiger partial charge is 0.225 e. The lowest BCUT2D eigenvalue weighted by Crippen LogP contribution is -2.43. The van der Waals surface area contributed by atoms with Crippen LogP contribution >= 0.6 is 11.6 Å². The maximum Gasteiger partial charge on any atom is 0.225 e. The minimum Gasteiger partial charge on any atom is -0.508 e. The topological polar surface area (TPSA) is 71.0 Å². The highest BCUT2D eigenvalue weighted by atomic mass is 35.5. The van der Waals surface area contributed by atoms with E-state index in [9.17, 15) is 9.50 Å². The molecule has 1 saturated carbocycles. The molecule has 222 valence electrons. The van der Waals surface area contributed by atoms with Crippen LogP contribution in [0.4, 0.5) is 14.5 Å². The fraction of sp³-hybridized carbons (Fsp3) is 0.562. The monoisotopic (exact) mass is 596 g/mol. The summed E-state index contributed by atoms with van der Waals surface area (Å²) in [6.07, 6.45) is 7.61. The third-order valence-corrected chi connectivity index (χ3v) is 10.3. The van der Waals surface area contributed by atoms with Crippen molar-refractivity contribution < 1.29 is 23.4 Å². The van der Waals surface area contributed by atoms with Gasteiger partial charge < -0.3 is 19.5 Å². The van der Waals surface area contributed by atoms with E-state index >= 15 is 4.39 Å². The standard InChI is InChI=1S/C32H35ClF2N4O3/c33-23-12-21(40)11-22(26(23)18-6-7-18)29-28(35)30-27-24(39-10-3-1-2-5-20(39)16-41-31(27)37-29)13-25(36-30)42-17-32-8-4-9-38(32)15-19(34)14-32/h11-13,18-20,40H,1-10,14-17H2/t19-,20-,32+/m1/s1. The Hall–Kier alpha value is -2.91. The number of alkyl halides is 1. The molecular weight excluding hydrogens is 562 g/mol. The predicted octanol–water partition coefficient (Wildman–Crippen LogP) is 6.77. The number of pyridine rings is 2. The number of phenols is 1. The molecule has 1 aromatic carbocycles. The first kappa shape index (κ1) is 26.7. The Morgan fingerprint density at radius 2 is 1.98 bits per heavy atom. The molecule has 6 heterocycles. The van der Waals surface area contributed by atoms with Gasteiger partial charge in [-0.3, -0.25) is 4.90 Å². The zero-order valence-corrected chi connectivity index (χ0v) is 24.3. The molecule has 3 atom stereocenters. The first-order valence-corrected chi connectivity index (χ1v) is 15.8. The maximum absolute atomic E-state index is 16.8. The highest BCUT2D eigenvalue weighted by Crippen LogP contribution is 2.51. The first-order valence-electron chi connectivity index (χ1n) is 15.4. The summed E-state index contributed by atoms with van der Waals surface area (Å²) in [5.41, 5.74) is 1.94. The minimum atomic E-state index is -0.860. The summed E-state index contributed by atoms with van der Waals surface area (Å²) in [6.45, 7) is 2.88. The van der Waals surface area contributed by atoms with Crippen LogP contribution in [0.5, 0.6) is 17.5 Å². The van der Waals surface area contributed by atoms with Crippen molar-refractivity contribution in [1.82, 2.24) is 14.9 Å². The first-order chi connectivity index (χ1) is 20.4. The van der Waals surface area contributed by atoms with E-state index in [0.717, 1.165) is 75.7 Å². The largest absolute Gasteiger partial charge is 0.508 e. The third-order valence-electron chi connectivity index (χ3n) is 10.0. The average molecular weight is 597 g/mol. The summed E-state index contributed by atoms with van der Waals surface area (Å²) in [4.78, 5) is 14.0. The number of ether oxygens (including phenoxy) is 2. The molecule has 7 nitrogen and oxygen atoms in total. The van der Waals surface area contributed by atoms with Crippen LogP contribution in [0.25, 0.3) is 22.2 Å². The molecule has 0 unspecified atom stereocenters. The van der Waals surface area contributed by atoms with E-state index in [1.807, 2.05) is 6.07 Å². The number of hydrogen-bond donors (Lipinski definition) is 1. The van der Waals surface area contributed by atoms with Gasteiger partial charge in [0.05, 0.1) is 22.7 Å². The number of benzene rings is 1. The SMILES string of the molecule is Oc1cc(Cl)c(C2CC2)c(-c2nc3c4c(cc(OC[C@@]56CCCN5C[C@H](F)C6)nc4c2F)N2CCCCC[C@@H]2CO3)c1. The number of aromatic nitrogens is 2. The van der Waals surface area contributed by atoms with Crippen LogP contribution in [0.15, 0.2) is 18.2 Å². The van der Waals surface area contributed by atoms with Crippen LogP contribution in [0.2, 0.25) is 5.02 Å². The van der Waals surface area contributed by atoms with Crippen LogP contribution in [0.1, 0.15) is 69.3 Å². The van der Waals surface area contributed by atoms with Gasteiger partial charge in [0, 0.05) is 36.2 Å². The van der Waals surface area contributed by atoms with Crippen molar-refractivity contribution in [2.75, 3.05) is 37.7 Å². The number of halogens is 3. The molecule has 0 spiro atoms. The quantitative estimate of drug-likeness (QED) is 0.349. The van der Waals surface area contributed by atoms with Crippen LogP contribution in [0.3, 0.4) is 0 Å². The van der Waals surface area contributed by atoms with Crippen molar-refractivity contribution in [1.29, 1.82) is 0 Å². The molecule has 1 N–H and O–H groups in total. The Morgan fingerprint density at radius 3 is 2.83 bits per heavy atom. The van der Waals surface area contributed by atoms with Gasteiger partial charge in [-0.15, -0.1) is 0 Å². The Morgan fingerprint density at radius 1 is 1.10 bits per heavy atom. The Labute approximate surface area is 248 Å². The molecule has 4 fully saturated rings. The molecule has 0 amide bonds. The summed E-state index contributed by atoms with van der Waals surface area (Å²) in [5, 5.41) is 11.4. The molecule has 5 aliphatic rings. The van der Waals surface area contributed by atoms with Gasteiger partial charge in [-0.1, -0.05) is 24.4 Å². The van der Waals surface area contributed by atoms with E-state index in [4.69, 9.17) is 31.0 Å². The Balaban J connectivity index is 1.29. The average Bonchev–Trinajstić information content (AvgIpc) is 3.71. The van der Waals surface area contributed by atoms with Crippen molar-refractivity contribution in [3.8, 4) is 28.8 Å². The zero-order valence-electron chi connectivity index (χ0n) is 23.6. The van der Waals surface area contributed by atoms with Crippen LogP contribution < -0.4 is 14.4 Å². The second kappa shape index (κ2) is 10.1. The molecule has 2 aromatic heterocycles. The number of anilines is 1. The van der Waals surface area contributed by atoms with E-state index in [1.165, 1.54) is 12.1 Å². The second-order valence-electron chi connectivity index (χ2n) is 12.8. The summed E-state index contributed by atoms with van der Waals surface area (Å²) in [6, 6.07) is 5.06. The van der Waals surface area contributed by atoms with Crippen molar-refractivity contribution in [2.45, 2.75) is 81.5 Å². The van der Waals surface area contributed by atoms with E-state index in [2.05, 4.69) is 9.80 Å². The molecule has 10 heteroatoms. The molecule has 3 aromatic rings. The van der Waals surface area contributed by atoms with Crippen molar-refractivity contribution >= 4 is 28.2 Å². The summed E-state index contributed by atoms with van der Waals surface area (Å²) in [7, 11) is 0. The van der Waals surface area contributed by atoms with Crippen molar-refractivity contribution in [2.24, 2.45) is 0 Å². The number of fused-ring (bicyclic) bond motifs is 3. The van der Waals surface area contributed by atoms with E-state index < -0.39 is 12.0 Å². The van der Waals surface area contributed by atoms with Crippen molar-refractivity contribution in [3.05, 3.63) is 34.6 Å². The van der Waals surface area contributed by atoms with Gasteiger partial charge in [-0.05, 0) is 68.7 Å². The third kappa shape index (κ3) is 4.37. The summed E-state index contributed by atoms with van der Waals surface area (Å²) >= 11 is 6.59. The molecule has 42 heavy (non-hydrogen) atoms. The molecular formula is C32H35ClF2N4O3. The van der Waals surface area contributed by atoms with Gasteiger partial charge >= 0.3 is 0 Å². The van der Waals surface area contributed by atoms with Gasteiger partial charge in [0.25, 0.3) is 0 Å². The van der Waals surface area contributed by atoms with Crippen LogP contribution in [-0.4, -0.2) is 70.6 Å². The van der Waals surface area contributed by atoms with Gasteiger partial charge in [-0.25, -0.2) is 18.7 Å². The molecule has 4 aliphatic heterocycles. The number of phenolic OH excluding ortho intramolecular Hbond substituents is 1. The van der Waals surface area contributed by atoms with Crippen molar-refractivity contribution in [3.63, 3.8) is 0 Å². The minimum absolute atomic E-state index is 0.0466. The van der Waals surface area contributed by atoms with Crippen LogP contribution in [0, 0.1) is 5.82 Å². The lowest BCUT2D eigenvalue weighted by Gasteiger charge is -2.32. The lowest BCUT2D eigenvalue weighted by molar-refractivity contribution is 0.111. The number of nitrogens with zero attached hydrogens (tertiary/aromatic N) is 4. The summed E-state index contributed by atoms with van der Waals surface area (Å²) in [5.74, 6) is 0.215. The van der Waals surface area contributed by atoms with E-state index in [-0.39, 0.29) is 34.5 Å². The highest BCUT2D eigenvalue weighted by molar-refractivity contribution is 6.32. The fourth-order valence-corrected chi connectivity index (χ4v) is 8.23. The second-order valence-corrected chi connectivity index (χ2v) is 13.2. The van der Waals surface area contributed by atoms with Gasteiger partial charge in [0.15, 0.2) is 5.82 Å². The molecule has 8 rings (SSSR count). The Kier molecular flexibility index (Phi) is 6.41. The van der Waals surface area contributed by atoms with Gasteiger partial charge in [0.1, 0.15) is 36.3 Å². The van der Waals surface area contributed by atoms with Crippen LogP contribution in [-0.2, 0) is 0 Å². The molecule has 1 aliphatic carbocycles. The fourth-order valence-electron chi connectivity index (χ4n) is 7.87. The number of aromatic hydroxyl groups is 1. The molecule has 3 saturated heterocycles.